The molecule has 0 aromatic carbocycles. The molecule has 0 saturated carbocycles. The molecule has 1 N–H and O–H groups in total. The van der Waals surface area contributed by atoms with Crippen LogP contribution in [0.15, 0.2) is 6.07 Å². The number of aryl methyl sites for hydroxylation is 1. The van der Waals surface area contributed by atoms with Gasteiger partial charge in [0, 0.05) is 18.0 Å². The molecule has 0 fully saturated rings. The van der Waals surface area contributed by atoms with Crippen molar-refractivity contribution < 1.29 is 4.74 Å². The summed E-state index contributed by atoms with van der Waals surface area (Å²) in [4.78, 5) is 13.5. The molecular formula is C15H24N4OS. The lowest BCUT2D eigenvalue weighted by atomic mass is 10.3. The van der Waals surface area contributed by atoms with Gasteiger partial charge in [0.25, 0.3) is 0 Å². The fourth-order valence-corrected chi connectivity index (χ4v) is 2.97. The van der Waals surface area contributed by atoms with Gasteiger partial charge in [-0.15, -0.1) is 11.3 Å². The summed E-state index contributed by atoms with van der Waals surface area (Å²) in [5.74, 6) is 1.35. The number of nitrogens with zero attached hydrogens (tertiary/aromatic N) is 3. The third-order valence-electron chi connectivity index (χ3n) is 3.08. The number of hydrogen-bond acceptors (Lipinski definition) is 6. The number of aromatic nitrogens is 2. The summed E-state index contributed by atoms with van der Waals surface area (Å²) in [6.45, 7) is 6.68. The molecule has 0 aliphatic heterocycles. The van der Waals surface area contributed by atoms with Crippen LogP contribution in [0.25, 0.3) is 10.2 Å². The molecule has 5 nitrogen and oxygen atoms in total. The van der Waals surface area contributed by atoms with Crippen molar-refractivity contribution in [1.82, 2.24) is 14.9 Å². The largest absolute Gasteiger partial charge is 0.477 e. The second-order valence-corrected chi connectivity index (χ2v) is 6.29. The van der Waals surface area contributed by atoms with Crippen molar-refractivity contribution >= 4 is 27.5 Å². The Hall–Kier alpha value is -1.40. The second kappa shape index (κ2) is 7.56. The van der Waals surface area contributed by atoms with Gasteiger partial charge >= 0.3 is 0 Å². The molecule has 0 bridgehead atoms. The number of fused-ring (bicyclic) bond motifs is 1. The van der Waals surface area contributed by atoms with E-state index in [1.54, 1.807) is 11.3 Å². The van der Waals surface area contributed by atoms with E-state index in [-0.39, 0.29) is 0 Å². The number of rotatable bonds is 8. The van der Waals surface area contributed by atoms with E-state index in [0.29, 0.717) is 18.4 Å². The van der Waals surface area contributed by atoms with Crippen molar-refractivity contribution in [2.45, 2.75) is 26.7 Å². The first-order valence-electron chi connectivity index (χ1n) is 7.45. The van der Waals surface area contributed by atoms with Crippen molar-refractivity contribution in [3.05, 3.63) is 10.9 Å². The lowest BCUT2D eigenvalue weighted by molar-refractivity contribution is 0.276. The molecule has 2 aromatic rings. The normalized spacial score (nSPS) is 11.3. The quantitative estimate of drug-likeness (QED) is 0.760. The van der Waals surface area contributed by atoms with Gasteiger partial charge in [-0.1, -0.05) is 6.92 Å². The van der Waals surface area contributed by atoms with E-state index in [9.17, 15) is 0 Å². The van der Waals surface area contributed by atoms with E-state index >= 15 is 0 Å². The highest BCUT2D eigenvalue weighted by Crippen LogP contribution is 2.31. The molecule has 2 rings (SSSR count). The molecule has 21 heavy (non-hydrogen) atoms. The molecule has 0 aliphatic rings. The lowest BCUT2D eigenvalue weighted by Crippen LogP contribution is -2.16. The Kier molecular flexibility index (Phi) is 5.76. The van der Waals surface area contributed by atoms with Gasteiger partial charge in [-0.05, 0) is 39.9 Å². The minimum Gasteiger partial charge on any atom is -0.477 e. The highest BCUT2D eigenvalue weighted by atomic mass is 32.1. The average Bonchev–Trinajstić information content (AvgIpc) is 2.86. The van der Waals surface area contributed by atoms with Crippen LogP contribution in [0.4, 0.5) is 5.95 Å². The number of hydrogen-bond donors (Lipinski definition) is 1. The van der Waals surface area contributed by atoms with E-state index in [1.165, 1.54) is 4.88 Å². The van der Waals surface area contributed by atoms with Crippen LogP contribution >= 0.6 is 11.3 Å². The monoisotopic (exact) mass is 308 g/mol. The molecule has 6 heteroatoms. The number of thiophene rings is 1. The van der Waals surface area contributed by atoms with E-state index in [4.69, 9.17) is 4.74 Å². The van der Waals surface area contributed by atoms with Crippen LogP contribution in [0.5, 0.6) is 5.88 Å². The van der Waals surface area contributed by atoms with E-state index in [2.05, 4.69) is 47.3 Å². The van der Waals surface area contributed by atoms with Gasteiger partial charge < -0.3 is 15.0 Å². The molecule has 116 valence electrons. The Morgan fingerprint density at radius 3 is 2.76 bits per heavy atom. The molecule has 0 saturated heterocycles. The SMILES string of the molecule is CCNc1nc(OCCCN(C)C)c2cc(CC)sc2n1. The summed E-state index contributed by atoms with van der Waals surface area (Å²) in [7, 11) is 4.14. The zero-order valence-corrected chi connectivity index (χ0v) is 14.1. The molecule has 0 spiro atoms. The maximum Gasteiger partial charge on any atom is 0.227 e. The summed E-state index contributed by atoms with van der Waals surface area (Å²) in [6.07, 6.45) is 2.00. The van der Waals surface area contributed by atoms with E-state index in [0.717, 1.165) is 36.1 Å². The molecule has 2 heterocycles. The fraction of sp³-hybridized carbons (Fsp3) is 0.600. The van der Waals surface area contributed by atoms with Crippen molar-refractivity contribution in [1.29, 1.82) is 0 Å². The Bertz CT molecular complexity index is 582. The first kappa shape index (κ1) is 16.0. The van der Waals surface area contributed by atoms with Gasteiger partial charge in [-0.3, -0.25) is 0 Å². The van der Waals surface area contributed by atoms with Gasteiger partial charge in [0.2, 0.25) is 11.8 Å². The van der Waals surface area contributed by atoms with Crippen molar-refractivity contribution in [2.75, 3.05) is 39.1 Å². The number of anilines is 1. The molecule has 0 aliphatic carbocycles. The van der Waals surface area contributed by atoms with Crippen LogP contribution in [-0.2, 0) is 6.42 Å². The predicted molar refractivity (Wildman–Crippen MR) is 89.6 cm³/mol. The third-order valence-corrected chi connectivity index (χ3v) is 4.25. The van der Waals surface area contributed by atoms with Crippen LogP contribution in [0.3, 0.4) is 0 Å². The number of nitrogens with one attached hydrogen (secondary N) is 1. The highest BCUT2D eigenvalue weighted by molar-refractivity contribution is 7.18. The lowest BCUT2D eigenvalue weighted by Gasteiger charge is -2.11. The Labute approximate surface area is 130 Å². The fourth-order valence-electron chi connectivity index (χ4n) is 2.02. The molecule has 0 unspecified atom stereocenters. The highest BCUT2D eigenvalue weighted by Gasteiger charge is 2.12. The van der Waals surface area contributed by atoms with Gasteiger partial charge in [0.1, 0.15) is 4.83 Å². The summed E-state index contributed by atoms with van der Waals surface area (Å²) in [5, 5.41) is 4.20. The molecule has 0 amide bonds. The van der Waals surface area contributed by atoms with Crippen LogP contribution in [0.2, 0.25) is 0 Å². The minimum absolute atomic E-state index is 0.650. The first-order chi connectivity index (χ1) is 10.1. The van der Waals surface area contributed by atoms with Gasteiger partial charge in [0.05, 0.1) is 12.0 Å². The van der Waals surface area contributed by atoms with E-state index < -0.39 is 0 Å². The topological polar surface area (TPSA) is 50.3 Å². The van der Waals surface area contributed by atoms with Crippen molar-refractivity contribution in [3.63, 3.8) is 0 Å². The zero-order valence-electron chi connectivity index (χ0n) is 13.3. The Morgan fingerprint density at radius 1 is 1.29 bits per heavy atom. The number of ether oxygens (including phenoxy) is 1. The second-order valence-electron chi connectivity index (χ2n) is 5.17. The van der Waals surface area contributed by atoms with Crippen LogP contribution in [0, 0.1) is 0 Å². The third kappa shape index (κ3) is 4.28. The first-order valence-corrected chi connectivity index (χ1v) is 8.27. The van der Waals surface area contributed by atoms with E-state index in [1.807, 2.05) is 6.92 Å². The molecular weight excluding hydrogens is 284 g/mol. The summed E-state index contributed by atoms with van der Waals surface area (Å²) >= 11 is 1.72. The standard InChI is InChI=1S/C15H24N4OS/c1-5-11-10-12-13(20-9-7-8-19(3)4)17-15(16-6-2)18-14(12)21-11/h10H,5-9H2,1-4H3,(H,16,17,18). The summed E-state index contributed by atoms with van der Waals surface area (Å²) in [6, 6.07) is 2.15. The molecule has 2 aromatic heterocycles. The van der Waals surface area contributed by atoms with Gasteiger partial charge in [0.15, 0.2) is 0 Å². The maximum atomic E-state index is 5.90. The van der Waals surface area contributed by atoms with Crippen LogP contribution < -0.4 is 10.1 Å². The molecule has 0 radical (unpaired) electrons. The summed E-state index contributed by atoms with van der Waals surface area (Å²) in [5.41, 5.74) is 0. The minimum atomic E-state index is 0.650. The Morgan fingerprint density at radius 2 is 2.10 bits per heavy atom. The summed E-state index contributed by atoms with van der Waals surface area (Å²) < 4.78 is 5.90. The van der Waals surface area contributed by atoms with Crippen LogP contribution in [0.1, 0.15) is 25.1 Å². The van der Waals surface area contributed by atoms with Gasteiger partial charge in [-0.25, -0.2) is 4.98 Å². The molecule has 0 atom stereocenters. The van der Waals surface area contributed by atoms with Crippen LogP contribution in [-0.4, -0.2) is 48.7 Å². The van der Waals surface area contributed by atoms with Gasteiger partial charge in [-0.2, -0.15) is 4.98 Å². The van der Waals surface area contributed by atoms with Crippen molar-refractivity contribution in [2.24, 2.45) is 0 Å². The zero-order chi connectivity index (χ0) is 15.2. The smallest absolute Gasteiger partial charge is 0.227 e. The Balaban J connectivity index is 2.19. The average molecular weight is 308 g/mol. The van der Waals surface area contributed by atoms with Crippen molar-refractivity contribution in [3.8, 4) is 5.88 Å². The predicted octanol–water partition coefficient (Wildman–Crippen LogP) is 3.02. The maximum absolute atomic E-state index is 5.90.